The quantitative estimate of drug-likeness (QED) is 0.453. The fraction of sp³-hybridized carbons (Fsp3) is 0.360. The molecule has 190 valence electrons. The summed E-state index contributed by atoms with van der Waals surface area (Å²) < 4.78 is 44.9. The number of amides is 1. The van der Waals surface area contributed by atoms with E-state index in [1.807, 2.05) is 0 Å². The molecule has 1 aliphatic carbocycles. The molecule has 36 heavy (non-hydrogen) atoms. The van der Waals surface area contributed by atoms with Gasteiger partial charge in [0, 0.05) is 34.5 Å². The van der Waals surface area contributed by atoms with Crippen molar-refractivity contribution in [3.63, 3.8) is 0 Å². The summed E-state index contributed by atoms with van der Waals surface area (Å²) >= 11 is 1.33. The lowest BCUT2D eigenvalue weighted by atomic mass is 9.95. The van der Waals surface area contributed by atoms with Gasteiger partial charge in [-0.15, -0.1) is 11.8 Å². The Labute approximate surface area is 211 Å². The summed E-state index contributed by atoms with van der Waals surface area (Å²) in [5.74, 6) is -0.264. The maximum Gasteiger partial charge on any atom is 0.433 e. The van der Waals surface area contributed by atoms with Crippen LogP contribution in [0.3, 0.4) is 0 Å². The zero-order valence-corrected chi connectivity index (χ0v) is 20.9. The molecule has 1 atom stereocenters. The predicted molar refractivity (Wildman–Crippen MR) is 129 cm³/mol. The average molecular weight is 519 g/mol. The SMILES string of the molecule is CSc1cc(C#N)ccc1C(NC(=O)OC(C)(C)C)C1=C(Nc2ccnc(C(F)(F)F)c2)CCC1=O. The van der Waals surface area contributed by atoms with Crippen LogP contribution in [-0.4, -0.2) is 28.7 Å². The number of anilines is 1. The third kappa shape index (κ3) is 6.57. The van der Waals surface area contributed by atoms with Gasteiger partial charge in [-0.25, -0.2) is 4.79 Å². The molecule has 1 aliphatic rings. The van der Waals surface area contributed by atoms with E-state index in [4.69, 9.17) is 4.74 Å². The van der Waals surface area contributed by atoms with E-state index in [0.717, 1.165) is 12.3 Å². The van der Waals surface area contributed by atoms with E-state index in [1.54, 1.807) is 45.2 Å². The molecular formula is C25H25F3N4O3S. The first-order chi connectivity index (χ1) is 16.8. The molecule has 11 heteroatoms. The first-order valence-corrected chi connectivity index (χ1v) is 12.2. The maximum atomic E-state index is 13.2. The number of alkyl carbamates (subject to hydrolysis) is 1. The summed E-state index contributed by atoms with van der Waals surface area (Å²) in [7, 11) is 0. The summed E-state index contributed by atoms with van der Waals surface area (Å²) in [6.45, 7) is 5.10. The van der Waals surface area contributed by atoms with Gasteiger partial charge >= 0.3 is 12.3 Å². The number of halogens is 3. The summed E-state index contributed by atoms with van der Waals surface area (Å²) in [6.07, 6.45) is -2.20. The van der Waals surface area contributed by atoms with E-state index in [9.17, 15) is 28.0 Å². The predicted octanol–water partition coefficient (Wildman–Crippen LogP) is 5.99. The van der Waals surface area contributed by atoms with Gasteiger partial charge in [0.1, 0.15) is 11.3 Å². The summed E-state index contributed by atoms with van der Waals surface area (Å²) in [5, 5.41) is 15.0. The van der Waals surface area contributed by atoms with E-state index in [1.165, 1.54) is 17.8 Å². The number of hydrogen-bond donors (Lipinski definition) is 2. The number of rotatable bonds is 6. The largest absolute Gasteiger partial charge is 0.444 e. The van der Waals surface area contributed by atoms with E-state index in [2.05, 4.69) is 21.7 Å². The van der Waals surface area contributed by atoms with Crippen LogP contribution in [-0.2, 0) is 15.7 Å². The van der Waals surface area contributed by atoms with Crippen molar-refractivity contribution in [2.75, 3.05) is 11.6 Å². The molecule has 1 aromatic carbocycles. The van der Waals surface area contributed by atoms with Crippen LogP contribution in [0.25, 0.3) is 0 Å². The Hall–Kier alpha value is -3.52. The zero-order chi connectivity index (χ0) is 26.7. The standard InChI is InChI=1S/C25H25F3N4O3S/c1-24(2,3)35-23(34)32-22(16-6-5-14(13-29)11-19(16)36-4)21-17(7-8-18(21)33)31-15-9-10-30-20(12-15)25(26,27)28/h5-6,9-12,22H,7-8H2,1-4H3,(H,30,31)(H,32,34). The first-order valence-electron chi connectivity index (χ1n) is 11.0. The van der Waals surface area contributed by atoms with Gasteiger partial charge in [-0.05, 0) is 63.3 Å². The highest BCUT2D eigenvalue weighted by Crippen LogP contribution is 2.38. The van der Waals surface area contributed by atoms with E-state index >= 15 is 0 Å². The number of ketones is 1. The molecule has 0 saturated heterocycles. The van der Waals surface area contributed by atoms with Gasteiger partial charge in [-0.2, -0.15) is 18.4 Å². The number of carbonyl (C=O) groups is 2. The second-order valence-corrected chi connectivity index (χ2v) is 9.86. The molecule has 2 N–H and O–H groups in total. The monoisotopic (exact) mass is 518 g/mol. The summed E-state index contributed by atoms with van der Waals surface area (Å²) in [5.41, 5.74) is -0.201. The first kappa shape index (κ1) is 27.1. The molecule has 0 fully saturated rings. The molecule has 0 saturated carbocycles. The lowest BCUT2D eigenvalue weighted by molar-refractivity contribution is -0.141. The van der Waals surface area contributed by atoms with Crippen molar-refractivity contribution in [1.29, 1.82) is 5.26 Å². The van der Waals surface area contributed by atoms with Crippen LogP contribution in [0.2, 0.25) is 0 Å². The van der Waals surface area contributed by atoms with Gasteiger partial charge in [-0.1, -0.05) is 6.07 Å². The molecule has 0 spiro atoms. The highest BCUT2D eigenvalue weighted by atomic mass is 32.2. The smallest absolute Gasteiger partial charge is 0.433 e. The van der Waals surface area contributed by atoms with Crippen LogP contribution in [0.1, 0.15) is 56.5 Å². The Morgan fingerprint density at radius 1 is 1.19 bits per heavy atom. The number of nitrogens with one attached hydrogen (secondary N) is 2. The number of allylic oxidation sites excluding steroid dienone is 1. The number of pyridine rings is 1. The number of aromatic nitrogens is 1. The van der Waals surface area contributed by atoms with Gasteiger partial charge < -0.3 is 15.4 Å². The Morgan fingerprint density at radius 3 is 2.53 bits per heavy atom. The highest BCUT2D eigenvalue weighted by molar-refractivity contribution is 7.98. The molecule has 0 radical (unpaired) electrons. The molecule has 7 nitrogen and oxygen atoms in total. The van der Waals surface area contributed by atoms with Crippen molar-refractivity contribution in [3.8, 4) is 6.07 Å². The highest BCUT2D eigenvalue weighted by Gasteiger charge is 2.35. The Bertz CT molecular complexity index is 1250. The molecule has 0 aliphatic heterocycles. The minimum absolute atomic E-state index is 0.112. The number of nitrogens with zero attached hydrogens (tertiary/aromatic N) is 2. The minimum atomic E-state index is -4.63. The third-order valence-electron chi connectivity index (χ3n) is 5.20. The Morgan fingerprint density at radius 2 is 1.92 bits per heavy atom. The van der Waals surface area contributed by atoms with Crippen molar-refractivity contribution in [3.05, 3.63) is 64.6 Å². The van der Waals surface area contributed by atoms with E-state index in [-0.39, 0.29) is 29.9 Å². The van der Waals surface area contributed by atoms with Crippen LogP contribution in [0.5, 0.6) is 0 Å². The molecule has 1 heterocycles. The number of thioether (sulfide) groups is 1. The van der Waals surface area contributed by atoms with Crippen LogP contribution in [0, 0.1) is 11.3 Å². The molecule has 1 amide bonds. The topological polar surface area (TPSA) is 104 Å². The van der Waals surface area contributed by atoms with Crippen molar-refractivity contribution < 1.29 is 27.5 Å². The minimum Gasteiger partial charge on any atom is -0.444 e. The number of carbonyl (C=O) groups excluding carboxylic acids is 2. The fourth-order valence-electron chi connectivity index (χ4n) is 3.73. The van der Waals surface area contributed by atoms with Gasteiger partial charge in [0.2, 0.25) is 0 Å². The summed E-state index contributed by atoms with van der Waals surface area (Å²) in [6, 6.07) is 8.20. The molecule has 1 unspecified atom stereocenters. The molecule has 1 aromatic heterocycles. The van der Waals surface area contributed by atoms with Crippen LogP contribution >= 0.6 is 11.8 Å². The molecular weight excluding hydrogens is 493 g/mol. The van der Waals surface area contributed by atoms with Crippen molar-refractivity contribution in [1.82, 2.24) is 10.3 Å². The van der Waals surface area contributed by atoms with Crippen LogP contribution in [0.4, 0.5) is 23.7 Å². The second-order valence-electron chi connectivity index (χ2n) is 9.02. The molecule has 2 aromatic rings. The van der Waals surface area contributed by atoms with Gasteiger partial charge in [0.05, 0.1) is 17.7 Å². The Kier molecular flexibility index (Phi) is 7.99. The van der Waals surface area contributed by atoms with Crippen LogP contribution < -0.4 is 10.6 Å². The Balaban J connectivity index is 2.10. The van der Waals surface area contributed by atoms with E-state index in [0.29, 0.717) is 21.7 Å². The number of ether oxygens (including phenoxy) is 1. The number of Topliss-reactive ketones (excluding diaryl/α,β-unsaturated/α-hetero) is 1. The number of benzene rings is 1. The van der Waals surface area contributed by atoms with Crippen molar-refractivity contribution in [2.24, 2.45) is 0 Å². The van der Waals surface area contributed by atoms with Gasteiger partial charge in [0.15, 0.2) is 5.78 Å². The number of alkyl halides is 3. The number of hydrogen-bond acceptors (Lipinski definition) is 7. The van der Waals surface area contributed by atoms with Crippen LogP contribution in [0.15, 0.2) is 52.7 Å². The van der Waals surface area contributed by atoms with E-state index < -0.39 is 29.6 Å². The fourth-order valence-corrected chi connectivity index (χ4v) is 4.40. The molecule has 3 rings (SSSR count). The second kappa shape index (κ2) is 10.6. The maximum absolute atomic E-state index is 13.2. The number of nitriles is 1. The molecule has 0 bridgehead atoms. The normalized spacial score (nSPS) is 14.9. The van der Waals surface area contributed by atoms with Crippen molar-refractivity contribution in [2.45, 2.75) is 56.3 Å². The lowest BCUT2D eigenvalue weighted by Gasteiger charge is -2.26. The summed E-state index contributed by atoms with van der Waals surface area (Å²) in [4.78, 5) is 29.9. The van der Waals surface area contributed by atoms with Gasteiger partial charge in [0.25, 0.3) is 0 Å². The zero-order valence-electron chi connectivity index (χ0n) is 20.1. The lowest BCUT2D eigenvalue weighted by Crippen LogP contribution is -2.37. The average Bonchev–Trinajstić information content (AvgIpc) is 3.15. The third-order valence-corrected chi connectivity index (χ3v) is 5.99. The van der Waals surface area contributed by atoms with Crippen molar-refractivity contribution >= 4 is 29.3 Å². The van der Waals surface area contributed by atoms with Gasteiger partial charge in [-0.3, -0.25) is 9.78 Å².